The van der Waals surface area contributed by atoms with Gasteiger partial charge in [0.25, 0.3) is 0 Å². The summed E-state index contributed by atoms with van der Waals surface area (Å²) < 4.78 is 0.901. The van der Waals surface area contributed by atoms with Gasteiger partial charge in [0.2, 0.25) is 0 Å². The molecule has 0 radical (unpaired) electrons. The lowest BCUT2D eigenvalue weighted by atomic mass is 10.3. The number of hydrogen-bond donors (Lipinski definition) is 3. The zero-order chi connectivity index (χ0) is 10.6. The SMILES string of the molecule is NC(=O)NC(=O)Nc1ccc(Br)cc1. The number of carbonyl (C=O) groups excluding carboxylic acids is 2. The van der Waals surface area contributed by atoms with Crippen molar-refractivity contribution in [3.63, 3.8) is 0 Å². The second kappa shape index (κ2) is 4.61. The zero-order valence-electron chi connectivity index (χ0n) is 7.08. The Morgan fingerprint density at radius 2 is 1.79 bits per heavy atom. The average molecular weight is 258 g/mol. The first-order valence-corrected chi connectivity index (χ1v) is 4.50. The number of rotatable bonds is 1. The van der Waals surface area contributed by atoms with E-state index in [1.807, 2.05) is 5.32 Å². The lowest BCUT2D eigenvalue weighted by Gasteiger charge is -2.04. The van der Waals surface area contributed by atoms with Crippen LogP contribution >= 0.6 is 15.9 Å². The highest BCUT2D eigenvalue weighted by atomic mass is 79.9. The molecular formula is C8H8BrN3O2. The van der Waals surface area contributed by atoms with Gasteiger partial charge in [0, 0.05) is 10.2 Å². The van der Waals surface area contributed by atoms with Gasteiger partial charge in [0.15, 0.2) is 0 Å². The van der Waals surface area contributed by atoms with Crippen molar-refractivity contribution in [3.8, 4) is 0 Å². The second-order valence-corrected chi connectivity index (χ2v) is 3.37. The van der Waals surface area contributed by atoms with E-state index in [-0.39, 0.29) is 0 Å². The third kappa shape index (κ3) is 3.44. The topological polar surface area (TPSA) is 84.2 Å². The van der Waals surface area contributed by atoms with Crippen LogP contribution in [-0.4, -0.2) is 12.1 Å². The summed E-state index contributed by atoms with van der Waals surface area (Å²) in [5.74, 6) is 0. The summed E-state index contributed by atoms with van der Waals surface area (Å²) in [6.45, 7) is 0. The Labute approximate surface area is 88.8 Å². The Balaban J connectivity index is 2.56. The molecule has 5 nitrogen and oxygen atoms in total. The van der Waals surface area contributed by atoms with Crippen molar-refractivity contribution in [2.24, 2.45) is 5.73 Å². The first kappa shape index (κ1) is 10.5. The van der Waals surface area contributed by atoms with E-state index >= 15 is 0 Å². The summed E-state index contributed by atoms with van der Waals surface area (Å²) in [4.78, 5) is 21.3. The van der Waals surface area contributed by atoms with Crippen molar-refractivity contribution in [2.75, 3.05) is 5.32 Å². The van der Waals surface area contributed by atoms with Crippen molar-refractivity contribution in [1.82, 2.24) is 5.32 Å². The summed E-state index contributed by atoms with van der Waals surface area (Å²) in [6.07, 6.45) is 0. The van der Waals surface area contributed by atoms with E-state index in [0.717, 1.165) is 4.47 Å². The van der Waals surface area contributed by atoms with Crippen LogP contribution in [0.4, 0.5) is 15.3 Å². The van der Waals surface area contributed by atoms with Gasteiger partial charge in [-0.25, -0.2) is 9.59 Å². The van der Waals surface area contributed by atoms with Crippen LogP contribution in [0.1, 0.15) is 0 Å². The molecule has 0 fully saturated rings. The van der Waals surface area contributed by atoms with Crippen LogP contribution < -0.4 is 16.4 Å². The number of imide groups is 1. The third-order valence-electron chi connectivity index (χ3n) is 1.34. The molecule has 0 saturated heterocycles. The molecule has 0 unspecified atom stereocenters. The maximum absolute atomic E-state index is 11.0. The summed E-state index contributed by atoms with van der Waals surface area (Å²) in [5.41, 5.74) is 5.33. The second-order valence-electron chi connectivity index (χ2n) is 2.45. The lowest BCUT2D eigenvalue weighted by Crippen LogP contribution is -2.38. The molecule has 4 amide bonds. The Morgan fingerprint density at radius 3 is 2.29 bits per heavy atom. The molecule has 0 atom stereocenters. The van der Waals surface area contributed by atoms with Gasteiger partial charge in [0.05, 0.1) is 0 Å². The number of benzene rings is 1. The Morgan fingerprint density at radius 1 is 1.21 bits per heavy atom. The van der Waals surface area contributed by atoms with Gasteiger partial charge in [0.1, 0.15) is 0 Å². The van der Waals surface area contributed by atoms with Crippen LogP contribution in [0, 0.1) is 0 Å². The average Bonchev–Trinajstić information content (AvgIpc) is 2.07. The van der Waals surface area contributed by atoms with Gasteiger partial charge < -0.3 is 11.1 Å². The molecule has 1 aromatic rings. The van der Waals surface area contributed by atoms with Gasteiger partial charge >= 0.3 is 12.1 Å². The van der Waals surface area contributed by atoms with Crippen molar-refractivity contribution in [2.45, 2.75) is 0 Å². The minimum atomic E-state index is -0.889. The van der Waals surface area contributed by atoms with E-state index in [0.29, 0.717) is 5.69 Å². The molecule has 6 heteroatoms. The van der Waals surface area contributed by atoms with Gasteiger partial charge in [-0.05, 0) is 24.3 Å². The molecule has 0 aliphatic rings. The molecular weight excluding hydrogens is 250 g/mol. The molecule has 1 rings (SSSR count). The number of urea groups is 2. The summed E-state index contributed by atoms with van der Waals surface area (Å²) in [7, 11) is 0. The molecule has 0 heterocycles. The quantitative estimate of drug-likeness (QED) is 0.715. The third-order valence-corrected chi connectivity index (χ3v) is 1.87. The molecule has 4 N–H and O–H groups in total. The smallest absolute Gasteiger partial charge is 0.327 e. The standard InChI is InChI=1S/C8H8BrN3O2/c9-5-1-3-6(4-2-5)11-8(14)12-7(10)13/h1-4H,(H4,10,11,12,13,14). The van der Waals surface area contributed by atoms with E-state index in [4.69, 9.17) is 5.73 Å². The Kier molecular flexibility index (Phi) is 3.47. The number of primary amides is 1. The normalized spacial score (nSPS) is 9.21. The number of nitrogens with one attached hydrogen (secondary N) is 2. The first-order valence-electron chi connectivity index (χ1n) is 3.71. The van der Waals surface area contributed by atoms with Crippen molar-refractivity contribution < 1.29 is 9.59 Å². The van der Waals surface area contributed by atoms with Crippen LogP contribution in [0.2, 0.25) is 0 Å². The predicted octanol–water partition coefficient (Wildman–Crippen LogP) is 1.65. The highest BCUT2D eigenvalue weighted by Crippen LogP contribution is 2.13. The molecule has 14 heavy (non-hydrogen) atoms. The van der Waals surface area contributed by atoms with E-state index in [1.54, 1.807) is 24.3 Å². The largest absolute Gasteiger partial charge is 0.351 e. The number of carbonyl (C=O) groups is 2. The minimum absolute atomic E-state index is 0.576. The molecule has 0 bridgehead atoms. The van der Waals surface area contributed by atoms with Gasteiger partial charge in [-0.3, -0.25) is 5.32 Å². The molecule has 0 aliphatic heterocycles. The highest BCUT2D eigenvalue weighted by molar-refractivity contribution is 9.10. The number of amides is 4. The van der Waals surface area contributed by atoms with E-state index in [1.165, 1.54) is 0 Å². The van der Waals surface area contributed by atoms with E-state index < -0.39 is 12.1 Å². The van der Waals surface area contributed by atoms with Crippen molar-refractivity contribution >= 4 is 33.7 Å². The molecule has 0 saturated carbocycles. The predicted molar refractivity (Wildman–Crippen MR) is 55.9 cm³/mol. The summed E-state index contributed by atoms with van der Waals surface area (Å²) >= 11 is 3.25. The Bertz CT molecular complexity index is 350. The van der Waals surface area contributed by atoms with Crippen LogP contribution in [-0.2, 0) is 0 Å². The number of nitrogens with two attached hydrogens (primary N) is 1. The Hall–Kier alpha value is -1.56. The van der Waals surface area contributed by atoms with Crippen molar-refractivity contribution in [3.05, 3.63) is 28.7 Å². The van der Waals surface area contributed by atoms with Gasteiger partial charge in [-0.1, -0.05) is 15.9 Å². The van der Waals surface area contributed by atoms with Crippen LogP contribution in [0.25, 0.3) is 0 Å². The minimum Gasteiger partial charge on any atom is -0.351 e. The highest BCUT2D eigenvalue weighted by Gasteiger charge is 2.02. The lowest BCUT2D eigenvalue weighted by molar-refractivity contribution is 0.238. The monoisotopic (exact) mass is 257 g/mol. The van der Waals surface area contributed by atoms with E-state index in [9.17, 15) is 9.59 Å². The zero-order valence-corrected chi connectivity index (χ0v) is 8.67. The van der Waals surface area contributed by atoms with Crippen molar-refractivity contribution in [1.29, 1.82) is 0 Å². The molecule has 0 spiro atoms. The first-order chi connectivity index (χ1) is 6.58. The van der Waals surface area contributed by atoms with Crippen LogP contribution in [0.15, 0.2) is 28.7 Å². The molecule has 74 valence electrons. The number of halogens is 1. The fraction of sp³-hybridized carbons (Fsp3) is 0. The maximum Gasteiger partial charge on any atom is 0.327 e. The molecule has 1 aromatic carbocycles. The fourth-order valence-electron chi connectivity index (χ4n) is 0.807. The van der Waals surface area contributed by atoms with E-state index in [2.05, 4.69) is 21.2 Å². The molecule has 0 aromatic heterocycles. The van der Waals surface area contributed by atoms with Crippen LogP contribution in [0.5, 0.6) is 0 Å². The van der Waals surface area contributed by atoms with Gasteiger partial charge in [-0.2, -0.15) is 0 Å². The van der Waals surface area contributed by atoms with Gasteiger partial charge in [-0.15, -0.1) is 0 Å². The summed E-state index contributed by atoms with van der Waals surface area (Å²) in [5, 5.41) is 4.31. The fourth-order valence-corrected chi connectivity index (χ4v) is 1.07. The summed E-state index contributed by atoms with van der Waals surface area (Å²) in [6, 6.07) is 5.36. The van der Waals surface area contributed by atoms with Crippen LogP contribution in [0.3, 0.4) is 0 Å². The maximum atomic E-state index is 11.0. The molecule has 0 aliphatic carbocycles. The number of anilines is 1. The number of hydrogen-bond acceptors (Lipinski definition) is 2.